The lowest BCUT2D eigenvalue weighted by Gasteiger charge is -2.53. The van der Waals surface area contributed by atoms with Gasteiger partial charge in [0.1, 0.15) is 22.8 Å². The average molecular weight is 743 g/mol. The highest BCUT2D eigenvalue weighted by Crippen LogP contribution is 2.49. The second kappa shape index (κ2) is 14.6. The molecular formula is C39H40BrN3O7. The summed E-state index contributed by atoms with van der Waals surface area (Å²) in [5.41, 5.74) is 4.93. The number of esters is 1. The van der Waals surface area contributed by atoms with E-state index in [1.54, 1.807) is 43.6 Å². The summed E-state index contributed by atoms with van der Waals surface area (Å²) in [7, 11) is 7.65. The van der Waals surface area contributed by atoms with E-state index in [9.17, 15) is 19.8 Å². The monoisotopic (exact) mass is 741 g/mol. The fourth-order valence-electron chi connectivity index (χ4n) is 7.41. The quantitative estimate of drug-likeness (QED) is 0.137. The van der Waals surface area contributed by atoms with Gasteiger partial charge in [-0.2, -0.15) is 0 Å². The first-order valence-electron chi connectivity index (χ1n) is 16.3. The Morgan fingerprint density at radius 1 is 1.02 bits per heavy atom. The first kappa shape index (κ1) is 35.1. The Balaban J connectivity index is 0.000000195. The van der Waals surface area contributed by atoms with Crippen LogP contribution in [0.2, 0.25) is 0 Å². The van der Waals surface area contributed by atoms with Gasteiger partial charge < -0.3 is 29.0 Å². The minimum absolute atomic E-state index is 0.0708. The van der Waals surface area contributed by atoms with E-state index in [4.69, 9.17) is 14.2 Å². The molecule has 1 aliphatic carbocycles. The molecule has 7 rings (SSSR count). The van der Waals surface area contributed by atoms with Crippen LogP contribution in [-0.2, 0) is 35.0 Å². The van der Waals surface area contributed by atoms with Crippen molar-refractivity contribution in [1.82, 2.24) is 14.5 Å². The SMILES string of the molecule is COC12CC(COC(=O)c3cncc(Br)c3)CN(C)C1Cc1cn(C)c3cccc2c13.COc1ccc(CC(=O)c2ccc(O)cc2O)cc1. The Kier molecular flexibility index (Phi) is 10.3. The summed E-state index contributed by atoms with van der Waals surface area (Å²) in [4.78, 5) is 31.0. The van der Waals surface area contributed by atoms with Crippen LogP contribution in [0.4, 0.5) is 0 Å². The molecule has 1 fully saturated rings. The fraction of sp³-hybridized carbons (Fsp3) is 0.308. The van der Waals surface area contributed by atoms with Crippen LogP contribution in [0.3, 0.4) is 0 Å². The number of ketones is 1. The molecule has 2 aromatic heterocycles. The van der Waals surface area contributed by atoms with Crippen molar-refractivity contribution in [3.63, 3.8) is 0 Å². The van der Waals surface area contributed by atoms with Gasteiger partial charge in [-0.05, 0) is 88.9 Å². The topological polar surface area (TPSA) is 123 Å². The molecule has 2 aliphatic rings. The van der Waals surface area contributed by atoms with Gasteiger partial charge in [0.05, 0.1) is 24.8 Å². The molecule has 0 bridgehead atoms. The Morgan fingerprint density at radius 3 is 2.50 bits per heavy atom. The number of rotatable bonds is 8. The molecule has 0 radical (unpaired) electrons. The third-order valence-electron chi connectivity index (χ3n) is 9.73. The molecule has 2 N–H and O–H groups in total. The van der Waals surface area contributed by atoms with E-state index in [1.165, 1.54) is 40.4 Å². The number of hydrogen-bond donors (Lipinski definition) is 2. The highest BCUT2D eigenvalue weighted by atomic mass is 79.9. The largest absolute Gasteiger partial charge is 0.508 e. The van der Waals surface area contributed by atoms with E-state index < -0.39 is 5.60 Å². The number of pyridine rings is 1. The van der Waals surface area contributed by atoms with E-state index in [2.05, 4.69) is 68.9 Å². The molecule has 11 heteroatoms. The van der Waals surface area contributed by atoms with Crippen LogP contribution < -0.4 is 4.74 Å². The van der Waals surface area contributed by atoms with E-state index in [0.717, 1.165) is 41.2 Å². The number of fused-ring (bicyclic) bond motifs is 2. The number of aromatic nitrogens is 2. The summed E-state index contributed by atoms with van der Waals surface area (Å²) in [6.07, 6.45) is 7.39. The van der Waals surface area contributed by atoms with Crippen LogP contribution in [0.15, 0.2) is 89.8 Å². The van der Waals surface area contributed by atoms with E-state index in [0.29, 0.717) is 12.2 Å². The molecule has 5 aromatic rings. The zero-order valence-corrected chi connectivity index (χ0v) is 30.0. The molecule has 3 aromatic carbocycles. The maximum atomic E-state index is 12.5. The molecule has 3 unspecified atom stereocenters. The molecule has 10 nitrogen and oxygen atoms in total. The van der Waals surface area contributed by atoms with Crippen molar-refractivity contribution in [2.75, 3.05) is 34.4 Å². The van der Waals surface area contributed by atoms with Gasteiger partial charge >= 0.3 is 5.97 Å². The molecule has 3 heterocycles. The van der Waals surface area contributed by atoms with Gasteiger partial charge in [0.25, 0.3) is 0 Å². The number of benzene rings is 3. The van der Waals surface area contributed by atoms with E-state index >= 15 is 0 Å². The predicted octanol–water partition coefficient (Wildman–Crippen LogP) is 6.44. The summed E-state index contributed by atoms with van der Waals surface area (Å²) >= 11 is 3.35. The van der Waals surface area contributed by atoms with Crippen molar-refractivity contribution in [2.24, 2.45) is 13.0 Å². The fourth-order valence-corrected chi connectivity index (χ4v) is 7.77. The number of halogens is 1. The zero-order valence-electron chi connectivity index (χ0n) is 28.4. The number of carbonyl (C=O) groups is 2. The van der Waals surface area contributed by atoms with Crippen molar-refractivity contribution in [3.8, 4) is 17.2 Å². The third-order valence-corrected chi connectivity index (χ3v) is 10.2. The first-order valence-corrected chi connectivity index (χ1v) is 17.1. The summed E-state index contributed by atoms with van der Waals surface area (Å²) < 4.78 is 20.0. The van der Waals surface area contributed by atoms with Crippen LogP contribution in [0.5, 0.6) is 17.2 Å². The minimum Gasteiger partial charge on any atom is -0.508 e. The Hall–Kier alpha value is -4.71. The predicted molar refractivity (Wildman–Crippen MR) is 193 cm³/mol. The number of Topliss-reactive ketones (excluding diaryl/α,β-unsaturated/α-hetero) is 1. The number of aromatic hydroxyl groups is 2. The number of likely N-dealkylation sites (N-methyl/N-ethyl adjacent to an activating group) is 1. The van der Waals surface area contributed by atoms with Crippen LogP contribution in [0, 0.1) is 5.92 Å². The number of aryl methyl sites for hydroxylation is 1. The second-order valence-electron chi connectivity index (χ2n) is 12.9. The number of phenolic OH excluding ortho intramolecular Hbond substituents is 2. The van der Waals surface area contributed by atoms with Gasteiger partial charge in [0, 0.05) is 79.1 Å². The lowest BCUT2D eigenvalue weighted by Crippen LogP contribution is -2.59. The number of ether oxygens (including phenoxy) is 3. The minimum atomic E-state index is -0.421. The lowest BCUT2D eigenvalue weighted by atomic mass is 9.69. The van der Waals surface area contributed by atoms with Crippen LogP contribution in [0.1, 0.15) is 43.8 Å². The highest BCUT2D eigenvalue weighted by molar-refractivity contribution is 9.10. The number of hydrogen-bond acceptors (Lipinski definition) is 9. The molecule has 1 aliphatic heterocycles. The normalized spacial score (nSPS) is 19.6. The highest BCUT2D eigenvalue weighted by Gasteiger charge is 2.52. The van der Waals surface area contributed by atoms with Crippen molar-refractivity contribution in [2.45, 2.75) is 30.9 Å². The van der Waals surface area contributed by atoms with Gasteiger partial charge in [-0.1, -0.05) is 24.3 Å². The van der Waals surface area contributed by atoms with Gasteiger partial charge in [0.15, 0.2) is 5.78 Å². The van der Waals surface area contributed by atoms with Crippen molar-refractivity contribution in [3.05, 3.63) is 118 Å². The molecule has 0 spiro atoms. The number of carbonyl (C=O) groups excluding carboxylic acids is 2. The Morgan fingerprint density at radius 2 is 1.80 bits per heavy atom. The van der Waals surface area contributed by atoms with Crippen molar-refractivity contribution >= 4 is 38.6 Å². The first-order chi connectivity index (χ1) is 24.0. The number of methoxy groups -OCH3 is 2. The Bertz CT molecular complexity index is 2030. The van der Waals surface area contributed by atoms with Crippen LogP contribution in [-0.4, -0.2) is 76.9 Å². The van der Waals surface area contributed by atoms with Crippen molar-refractivity contribution < 1.29 is 34.0 Å². The summed E-state index contributed by atoms with van der Waals surface area (Å²) in [6, 6.07) is 19.6. The molecule has 3 atom stereocenters. The molecule has 0 saturated carbocycles. The maximum Gasteiger partial charge on any atom is 0.339 e. The third kappa shape index (κ3) is 6.98. The summed E-state index contributed by atoms with van der Waals surface area (Å²) in [5, 5.41) is 20.1. The van der Waals surface area contributed by atoms with E-state index in [-0.39, 0.29) is 47.2 Å². The van der Waals surface area contributed by atoms with Crippen molar-refractivity contribution in [1.29, 1.82) is 0 Å². The standard InChI is InChI=1S/C24H26BrN3O3.C15H14O4/c1-27-13-17-8-21-24(30-3,19-5-4-6-20(27)22(17)19)9-15(12-28(21)2)14-31-23(29)16-7-18(25)11-26-10-16;1-19-12-5-2-10(3-6-12)8-14(17)13-7-4-11(16)9-15(13)18/h4-7,10-11,13,15,21H,8-9,12,14H2,1-3H3;2-7,9,16,18H,8H2,1H3. The number of likely N-dealkylation sites (tertiary alicyclic amines) is 1. The van der Waals surface area contributed by atoms with Gasteiger partial charge in [-0.15, -0.1) is 0 Å². The Labute approximate surface area is 299 Å². The van der Waals surface area contributed by atoms with Gasteiger partial charge in [-0.25, -0.2) is 4.79 Å². The van der Waals surface area contributed by atoms with Crippen LogP contribution in [0.25, 0.3) is 10.9 Å². The average Bonchev–Trinajstić information content (AvgIpc) is 3.43. The molecule has 260 valence electrons. The zero-order chi connectivity index (χ0) is 35.6. The number of nitrogens with zero attached hydrogens (tertiary/aromatic N) is 3. The molecular weight excluding hydrogens is 702 g/mol. The van der Waals surface area contributed by atoms with Gasteiger partial charge in [-0.3, -0.25) is 14.7 Å². The number of piperidine rings is 1. The number of phenols is 2. The molecule has 1 saturated heterocycles. The maximum absolute atomic E-state index is 12.5. The van der Waals surface area contributed by atoms with E-state index in [1.807, 2.05) is 7.11 Å². The van der Waals surface area contributed by atoms with Crippen LogP contribution >= 0.6 is 15.9 Å². The van der Waals surface area contributed by atoms with Gasteiger partial charge in [0.2, 0.25) is 0 Å². The second-order valence-corrected chi connectivity index (χ2v) is 13.8. The lowest BCUT2D eigenvalue weighted by molar-refractivity contribution is -0.131. The summed E-state index contributed by atoms with van der Waals surface area (Å²) in [6.45, 7) is 1.21. The summed E-state index contributed by atoms with van der Waals surface area (Å²) in [5.74, 6) is 0.0651. The molecule has 50 heavy (non-hydrogen) atoms. The molecule has 0 amide bonds. The smallest absolute Gasteiger partial charge is 0.339 e.